The van der Waals surface area contributed by atoms with Crippen LogP contribution in [0.5, 0.6) is 5.75 Å². The highest BCUT2D eigenvalue weighted by atomic mass is 16.5. The van der Waals surface area contributed by atoms with Gasteiger partial charge >= 0.3 is 0 Å². The van der Waals surface area contributed by atoms with E-state index in [0.717, 1.165) is 42.7 Å². The van der Waals surface area contributed by atoms with Gasteiger partial charge in [0, 0.05) is 19.6 Å². The summed E-state index contributed by atoms with van der Waals surface area (Å²) in [5, 5.41) is 0. The Labute approximate surface area is 116 Å². The summed E-state index contributed by atoms with van der Waals surface area (Å²) in [6, 6.07) is 8.04. The monoisotopic (exact) mass is 262 g/mol. The Morgan fingerprint density at radius 2 is 2.00 bits per heavy atom. The molecule has 0 saturated heterocycles. The van der Waals surface area contributed by atoms with Crippen molar-refractivity contribution in [2.75, 3.05) is 26.7 Å². The summed E-state index contributed by atoms with van der Waals surface area (Å²) in [6.45, 7) is 6.07. The Bertz CT molecular complexity index is 377. The first-order chi connectivity index (χ1) is 9.19. The first-order valence-corrected chi connectivity index (χ1v) is 7.29. The van der Waals surface area contributed by atoms with Crippen LogP contribution in [0.3, 0.4) is 0 Å². The van der Waals surface area contributed by atoms with Crippen molar-refractivity contribution in [2.45, 2.75) is 26.3 Å². The minimum Gasteiger partial charge on any atom is -0.494 e. The number of hydrogen-bond donors (Lipinski definition) is 1. The van der Waals surface area contributed by atoms with Gasteiger partial charge in [-0.15, -0.1) is 0 Å². The second-order valence-corrected chi connectivity index (χ2v) is 5.79. The number of nitrogens with zero attached hydrogens (tertiary/aromatic N) is 1. The molecule has 0 aromatic heterocycles. The summed E-state index contributed by atoms with van der Waals surface area (Å²) < 4.78 is 5.73. The summed E-state index contributed by atoms with van der Waals surface area (Å²) in [6.07, 6.45) is 2.49. The molecule has 0 aliphatic heterocycles. The summed E-state index contributed by atoms with van der Waals surface area (Å²) in [4.78, 5) is 2.43. The van der Waals surface area contributed by atoms with Crippen LogP contribution in [0.4, 0.5) is 0 Å². The van der Waals surface area contributed by atoms with Gasteiger partial charge in [0.2, 0.25) is 0 Å². The van der Waals surface area contributed by atoms with Gasteiger partial charge in [-0.2, -0.15) is 0 Å². The molecule has 1 aliphatic carbocycles. The molecule has 106 valence electrons. The minimum atomic E-state index is 0.588. The molecule has 0 heterocycles. The van der Waals surface area contributed by atoms with E-state index >= 15 is 0 Å². The molecule has 2 unspecified atom stereocenters. The highest BCUT2D eigenvalue weighted by molar-refractivity contribution is 5.26. The van der Waals surface area contributed by atoms with Crippen molar-refractivity contribution in [1.82, 2.24) is 4.90 Å². The Morgan fingerprint density at radius 1 is 1.32 bits per heavy atom. The predicted octanol–water partition coefficient (Wildman–Crippen LogP) is 2.50. The molecule has 2 N–H and O–H groups in total. The first-order valence-electron chi connectivity index (χ1n) is 7.29. The van der Waals surface area contributed by atoms with Gasteiger partial charge in [-0.1, -0.05) is 19.1 Å². The Morgan fingerprint density at radius 3 is 2.58 bits per heavy atom. The van der Waals surface area contributed by atoms with Crippen LogP contribution in [0.1, 0.15) is 25.3 Å². The predicted molar refractivity (Wildman–Crippen MR) is 79.2 cm³/mol. The van der Waals surface area contributed by atoms with Gasteiger partial charge in [-0.3, -0.25) is 0 Å². The fourth-order valence-corrected chi connectivity index (χ4v) is 2.39. The average molecular weight is 262 g/mol. The molecule has 0 radical (unpaired) electrons. The molecule has 1 fully saturated rings. The molecule has 0 amide bonds. The van der Waals surface area contributed by atoms with Crippen molar-refractivity contribution < 1.29 is 4.74 Å². The molecule has 1 aromatic carbocycles. The van der Waals surface area contributed by atoms with Gasteiger partial charge in [0.25, 0.3) is 0 Å². The molecule has 2 rings (SSSR count). The van der Waals surface area contributed by atoms with E-state index in [1.54, 1.807) is 0 Å². The third-order valence-corrected chi connectivity index (χ3v) is 3.93. The van der Waals surface area contributed by atoms with E-state index in [0.29, 0.717) is 6.54 Å². The Kier molecular flexibility index (Phi) is 5.23. The topological polar surface area (TPSA) is 38.5 Å². The van der Waals surface area contributed by atoms with Crippen LogP contribution in [0, 0.1) is 11.8 Å². The van der Waals surface area contributed by atoms with Crippen LogP contribution in [0.2, 0.25) is 0 Å². The van der Waals surface area contributed by atoms with Crippen LogP contribution in [0.15, 0.2) is 24.3 Å². The first kappa shape index (κ1) is 14.4. The van der Waals surface area contributed by atoms with Crippen LogP contribution in [0.25, 0.3) is 0 Å². The minimum absolute atomic E-state index is 0.588. The number of rotatable bonds is 8. The van der Waals surface area contributed by atoms with Crippen LogP contribution < -0.4 is 10.5 Å². The van der Waals surface area contributed by atoms with Crippen LogP contribution in [-0.4, -0.2) is 31.6 Å². The fraction of sp³-hybridized carbons (Fsp3) is 0.625. The van der Waals surface area contributed by atoms with Gasteiger partial charge in [0.1, 0.15) is 5.75 Å². The summed E-state index contributed by atoms with van der Waals surface area (Å²) in [5.41, 5.74) is 6.71. The molecule has 0 bridgehead atoms. The molecule has 2 atom stereocenters. The van der Waals surface area contributed by atoms with Crippen LogP contribution in [-0.2, 0) is 6.54 Å². The van der Waals surface area contributed by atoms with Gasteiger partial charge in [0.05, 0.1) is 6.61 Å². The molecule has 1 saturated carbocycles. The summed E-state index contributed by atoms with van der Waals surface area (Å²) in [5.74, 6) is 2.82. The number of nitrogens with two attached hydrogens (primary N) is 1. The van der Waals surface area contributed by atoms with Gasteiger partial charge in [0.15, 0.2) is 0 Å². The van der Waals surface area contributed by atoms with E-state index in [1.807, 2.05) is 24.3 Å². The largest absolute Gasteiger partial charge is 0.494 e. The SMILES string of the molecule is CC1CC1CN(C)CCCOc1ccc(CN)cc1. The second kappa shape index (κ2) is 6.92. The van der Waals surface area contributed by atoms with Crippen molar-refractivity contribution >= 4 is 0 Å². The van der Waals surface area contributed by atoms with Gasteiger partial charge < -0.3 is 15.4 Å². The third kappa shape index (κ3) is 4.84. The lowest BCUT2D eigenvalue weighted by Gasteiger charge is -2.16. The molecule has 3 nitrogen and oxygen atoms in total. The molecule has 19 heavy (non-hydrogen) atoms. The van der Waals surface area contributed by atoms with Crippen molar-refractivity contribution in [3.63, 3.8) is 0 Å². The second-order valence-electron chi connectivity index (χ2n) is 5.79. The number of benzene rings is 1. The lowest BCUT2D eigenvalue weighted by molar-refractivity contribution is 0.256. The molecular formula is C16H26N2O. The average Bonchev–Trinajstić information content (AvgIpc) is 3.11. The fourth-order valence-electron chi connectivity index (χ4n) is 2.39. The zero-order valence-electron chi connectivity index (χ0n) is 12.1. The standard InChI is InChI=1S/C16H26N2O/c1-13-10-15(13)12-18(2)8-3-9-19-16-6-4-14(11-17)5-7-16/h4-7,13,15H,3,8-12,17H2,1-2H3. The quantitative estimate of drug-likeness (QED) is 0.732. The van der Waals surface area contributed by atoms with Gasteiger partial charge in [-0.25, -0.2) is 0 Å². The molecule has 1 aromatic rings. The smallest absolute Gasteiger partial charge is 0.119 e. The highest BCUT2D eigenvalue weighted by Crippen LogP contribution is 2.37. The van der Waals surface area contributed by atoms with Crippen LogP contribution >= 0.6 is 0 Å². The van der Waals surface area contributed by atoms with E-state index in [4.69, 9.17) is 10.5 Å². The molecule has 3 heteroatoms. The summed E-state index contributed by atoms with van der Waals surface area (Å²) in [7, 11) is 2.21. The number of hydrogen-bond acceptors (Lipinski definition) is 3. The van der Waals surface area contributed by atoms with E-state index in [2.05, 4.69) is 18.9 Å². The zero-order chi connectivity index (χ0) is 13.7. The Balaban J connectivity index is 1.57. The number of ether oxygens (including phenoxy) is 1. The van der Waals surface area contributed by atoms with E-state index in [-0.39, 0.29) is 0 Å². The normalized spacial score (nSPS) is 21.7. The van der Waals surface area contributed by atoms with Crippen molar-refractivity contribution in [2.24, 2.45) is 17.6 Å². The van der Waals surface area contributed by atoms with E-state index in [9.17, 15) is 0 Å². The maximum atomic E-state index is 5.73. The lowest BCUT2D eigenvalue weighted by Crippen LogP contribution is -2.23. The van der Waals surface area contributed by atoms with Gasteiger partial charge in [-0.05, 0) is 49.4 Å². The molecule has 0 spiro atoms. The van der Waals surface area contributed by atoms with Crippen molar-refractivity contribution in [1.29, 1.82) is 0 Å². The Hall–Kier alpha value is -1.06. The molecule has 1 aliphatic rings. The van der Waals surface area contributed by atoms with Crippen molar-refractivity contribution in [3.8, 4) is 5.75 Å². The van der Waals surface area contributed by atoms with Crippen molar-refractivity contribution in [3.05, 3.63) is 29.8 Å². The maximum Gasteiger partial charge on any atom is 0.119 e. The lowest BCUT2D eigenvalue weighted by atomic mass is 10.2. The molecular weight excluding hydrogens is 236 g/mol. The highest BCUT2D eigenvalue weighted by Gasteiger charge is 2.32. The zero-order valence-corrected chi connectivity index (χ0v) is 12.1. The van der Waals surface area contributed by atoms with E-state index in [1.165, 1.54) is 13.0 Å². The van der Waals surface area contributed by atoms with E-state index < -0.39 is 0 Å². The third-order valence-electron chi connectivity index (χ3n) is 3.93. The summed E-state index contributed by atoms with van der Waals surface area (Å²) >= 11 is 0. The maximum absolute atomic E-state index is 5.73.